The Kier molecular flexibility index (Phi) is 4.10. The van der Waals surface area contributed by atoms with Crippen molar-refractivity contribution in [1.82, 2.24) is 0 Å². The van der Waals surface area contributed by atoms with Crippen LogP contribution in [0.5, 0.6) is 0 Å². The minimum Gasteiger partial charge on any atom is -0.323 e. The van der Waals surface area contributed by atoms with Gasteiger partial charge in [-0.25, -0.2) is 4.39 Å². The topological polar surface area (TPSA) is 26.0 Å². The summed E-state index contributed by atoms with van der Waals surface area (Å²) < 4.78 is 49.9. The summed E-state index contributed by atoms with van der Waals surface area (Å²) >= 11 is 1.33. The van der Waals surface area contributed by atoms with Gasteiger partial charge < -0.3 is 5.73 Å². The highest BCUT2D eigenvalue weighted by Crippen LogP contribution is 2.32. The number of halogens is 4. The summed E-state index contributed by atoms with van der Waals surface area (Å²) in [6.07, 6.45) is -4.68. The summed E-state index contributed by atoms with van der Waals surface area (Å²) in [5.41, 5.74) is 5.88. The zero-order valence-electron chi connectivity index (χ0n) is 10.0. The maximum Gasteiger partial charge on any atom is 0.389 e. The summed E-state index contributed by atoms with van der Waals surface area (Å²) in [6, 6.07) is 5.80. The first-order chi connectivity index (χ1) is 8.85. The Labute approximate surface area is 112 Å². The quantitative estimate of drug-likeness (QED) is 0.807. The SMILES string of the molecule is NC(CCCC(F)(F)F)c1cc2ccc(F)cc2s1. The first kappa shape index (κ1) is 14.3. The van der Waals surface area contributed by atoms with Crippen LogP contribution in [0.25, 0.3) is 10.1 Å². The normalized spacial score (nSPS) is 13.9. The smallest absolute Gasteiger partial charge is 0.323 e. The van der Waals surface area contributed by atoms with Crippen molar-refractivity contribution in [2.24, 2.45) is 5.73 Å². The molecule has 0 bridgehead atoms. The average Bonchev–Trinajstić information content (AvgIpc) is 2.70. The summed E-state index contributed by atoms with van der Waals surface area (Å²) in [5, 5.41) is 0.868. The zero-order chi connectivity index (χ0) is 14.0. The van der Waals surface area contributed by atoms with Crippen molar-refractivity contribution in [3.63, 3.8) is 0 Å². The second kappa shape index (κ2) is 5.46. The molecule has 2 rings (SSSR count). The first-order valence-electron chi connectivity index (χ1n) is 5.86. The van der Waals surface area contributed by atoms with Gasteiger partial charge in [0.15, 0.2) is 0 Å². The van der Waals surface area contributed by atoms with E-state index < -0.39 is 18.6 Å². The first-order valence-corrected chi connectivity index (χ1v) is 6.68. The van der Waals surface area contributed by atoms with Crippen LogP contribution in [0.4, 0.5) is 17.6 Å². The van der Waals surface area contributed by atoms with Crippen LogP contribution in [-0.4, -0.2) is 6.18 Å². The molecule has 0 saturated carbocycles. The Morgan fingerprint density at radius 1 is 1.21 bits per heavy atom. The van der Waals surface area contributed by atoms with Crippen molar-refractivity contribution >= 4 is 21.4 Å². The van der Waals surface area contributed by atoms with Crippen LogP contribution in [-0.2, 0) is 0 Å². The van der Waals surface area contributed by atoms with E-state index in [1.165, 1.54) is 23.5 Å². The number of fused-ring (bicyclic) bond motifs is 1. The molecule has 1 aromatic heterocycles. The van der Waals surface area contributed by atoms with Crippen LogP contribution in [0.15, 0.2) is 24.3 Å². The highest BCUT2D eigenvalue weighted by atomic mass is 32.1. The molecule has 0 fully saturated rings. The monoisotopic (exact) mass is 291 g/mol. The van der Waals surface area contributed by atoms with Gasteiger partial charge in [0.2, 0.25) is 0 Å². The number of alkyl halides is 3. The van der Waals surface area contributed by atoms with E-state index in [0.717, 1.165) is 15.0 Å². The molecule has 0 amide bonds. The van der Waals surface area contributed by atoms with E-state index in [2.05, 4.69) is 0 Å². The maximum atomic E-state index is 13.0. The Bertz CT molecular complexity index is 561. The molecular weight excluding hydrogens is 278 g/mol. The molecule has 0 saturated heterocycles. The average molecular weight is 291 g/mol. The van der Waals surface area contributed by atoms with E-state index in [1.807, 2.05) is 6.07 Å². The fourth-order valence-corrected chi connectivity index (χ4v) is 3.00. The predicted octanol–water partition coefficient (Wildman–Crippen LogP) is 4.77. The van der Waals surface area contributed by atoms with Crippen molar-refractivity contribution < 1.29 is 17.6 Å². The summed E-state index contributed by atoms with van der Waals surface area (Å²) in [5.74, 6) is -0.327. The number of thiophene rings is 1. The van der Waals surface area contributed by atoms with Gasteiger partial charge in [0, 0.05) is 22.0 Å². The number of rotatable bonds is 4. The van der Waals surface area contributed by atoms with E-state index in [4.69, 9.17) is 5.73 Å². The molecule has 1 aromatic carbocycles. The van der Waals surface area contributed by atoms with Gasteiger partial charge in [-0.1, -0.05) is 6.07 Å². The minimum absolute atomic E-state index is 0.00722. The van der Waals surface area contributed by atoms with Crippen LogP contribution >= 0.6 is 11.3 Å². The van der Waals surface area contributed by atoms with Crippen LogP contribution < -0.4 is 5.73 Å². The number of hydrogen-bond acceptors (Lipinski definition) is 2. The molecule has 1 atom stereocenters. The standard InChI is InChI=1S/C13H13F4NS/c14-9-4-3-8-6-12(19-11(8)7-9)10(18)2-1-5-13(15,16)17/h3-4,6-7,10H,1-2,5,18H2. The second-order valence-electron chi connectivity index (χ2n) is 4.44. The molecule has 0 spiro atoms. The molecule has 0 radical (unpaired) electrons. The number of benzene rings is 1. The third-order valence-corrected chi connectivity index (χ3v) is 4.07. The van der Waals surface area contributed by atoms with E-state index >= 15 is 0 Å². The van der Waals surface area contributed by atoms with Gasteiger partial charge >= 0.3 is 6.18 Å². The third kappa shape index (κ3) is 3.91. The van der Waals surface area contributed by atoms with Crippen LogP contribution in [0.2, 0.25) is 0 Å². The van der Waals surface area contributed by atoms with Gasteiger partial charge in [0.1, 0.15) is 5.82 Å². The second-order valence-corrected chi connectivity index (χ2v) is 5.56. The van der Waals surface area contributed by atoms with E-state index in [1.54, 1.807) is 6.07 Å². The fraction of sp³-hybridized carbons (Fsp3) is 0.385. The Balaban J connectivity index is 2.03. The van der Waals surface area contributed by atoms with Crippen LogP contribution in [0.3, 0.4) is 0 Å². The van der Waals surface area contributed by atoms with E-state index in [-0.39, 0.29) is 18.7 Å². The Morgan fingerprint density at radius 3 is 2.63 bits per heavy atom. The van der Waals surface area contributed by atoms with Crippen LogP contribution in [0, 0.1) is 5.82 Å². The lowest BCUT2D eigenvalue weighted by Gasteiger charge is -2.10. The van der Waals surface area contributed by atoms with Gasteiger partial charge in [-0.3, -0.25) is 0 Å². The minimum atomic E-state index is -4.14. The molecule has 1 nitrogen and oxygen atoms in total. The van der Waals surface area contributed by atoms with E-state index in [9.17, 15) is 17.6 Å². The molecule has 0 aliphatic carbocycles. The molecule has 6 heteroatoms. The fourth-order valence-electron chi connectivity index (χ4n) is 1.87. The van der Waals surface area contributed by atoms with E-state index in [0.29, 0.717) is 0 Å². The third-order valence-electron chi connectivity index (χ3n) is 2.84. The lowest BCUT2D eigenvalue weighted by molar-refractivity contribution is -0.135. The molecule has 1 heterocycles. The van der Waals surface area contributed by atoms with Crippen molar-refractivity contribution in [1.29, 1.82) is 0 Å². The maximum absolute atomic E-state index is 13.0. The molecule has 0 aliphatic rings. The molecule has 104 valence electrons. The highest BCUT2D eigenvalue weighted by molar-refractivity contribution is 7.19. The van der Waals surface area contributed by atoms with Crippen molar-refractivity contribution in [2.75, 3.05) is 0 Å². The lowest BCUT2D eigenvalue weighted by Crippen LogP contribution is -2.12. The van der Waals surface area contributed by atoms with Gasteiger partial charge in [-0.05, 0) is 36.4 Å². The summed E-state index contributed by atoms with van der Waals surface area (Å²) in [4.78, 5) is 0.794. The summed E-state index contributed by atoms with van der Waals surface area (Å²) in [6.45, 7) is 0. The predicted molar refractivity (Wildman–Crippen MR) is 68.6 cm³/mol. The largest absolute Gasteiger partial charge is 0.389 e. The van der Waals surface area contributed by atoms with Gasteiger partial charge in [0.05, 0.1) is 0 Å². The molecule has 19 heavy (non-hydrogen) atoms. The van der Waals surface area contributed by atoms with Gasteiger partial charge in [0.25, 0.3) is 0 Å². The zero-order valence-corrected chi connectivity index (χ0v) is 10.8. The van der Waals surface area contributed by atoms with Gasteiger partial charge in [-0.2, -0.15) is 13.2 Å². The molecule has 1 unspecified atom stereocenters. The molecule has 2 N–H and O–H groups in total. The van der Waals surface area contributed by atoms with Gasteiger partial charge in [-0.15, -0.1) is 11.3 Å². The Morgan fingerprint density at radius 2 is 1.95 bits per heavy atom. The molecule has 2 aromatic rings. The highest BCUT2D eigenvalue weighted by Gasteiger charge is 2.26. The molecule has 0 aliphatic heterocycles. The number of nitrogens with two attached hydrogens (primary N) is 1. The Hall–Kier alpha value is -1.14. The van der Waals surface area contributed by atoms with Crippen molar-refractivity contribution in [3.8, 4) is 0 Å². The van der Waals surface area contributed by atoms with Crippen molar-refractivity contribution in [3.05, 3.63) is 35.0 Å². The number of hydrogen-bond donors (Lipinski definition) is 1. The van der Waals surface area contributed by atoms with Crippen LogP contribution in [0.1, 0.15) is 30.2 Å². The summed E-state index contributed by atoms with van der Waals surface area (Å²) in [7, 11) is 0. The lowest BCUT2D eigenvalue weighted by atomic mass is 10.1. The van der Waals surface area contributed by atoms with Crippen molar-refractivity contribution in [2.45, 2.75) is 31.5 Å². The molecular formula is C13H13F4NS.